The van der Waals surface area contributed by atoms with Crippen molar-refractivity contribution in [3.05, 3.63) is 53.5 Å². The Morgan fingerprint density at radius 3 is 2.88 bits per heavy atom. The van der Waals surface area contributed by atoms with E-state index in [0.717, 1.165) is 5.56 Å². The highest BCUT2D eigenvalue weighted by atomic mass is 32.2. The second-order valence-electron chi connectivity index (χ2n) is 7.93. The normalized spacial score (nSPS) is 14.6. The van der Waals surface area contributed by atoms with E-state index >= 15 is 0 Å². The number of para-hydroxylation sites is 1. The van der Waals surface area contributed by atoms with Gasteiger partial charge in [0.1, 0.15) is 21.7 Å². The molecule has 0 spiro atoms. The number of aromatic nitrogens is 3. The minimum absolute atomic E-state index is 0.0606. The fourth-order valence-electron chi connectivity index (χ4n) is 3.79. The zero-order chi connectivity index (χ0) is 23.8. The predicted molar refractivity (Wildman–Crippen MR) is 122 cm³/mol. The molecule has 10 nitrogen and oxygen atoms in total. The average Bonchev–Trinajstić information content (AvgIpc) is 3.19. The largest absolute Gasteiger partial charge is 0.477 e. The zero-order valence-electron chi connectivity index (χ0n) is 18.2. The molecule has 1 unspecified atom stereocenters. The number of benzene rings is 1. The van der Waals surface area contributed by atoms with E-state index in [1.807, 2.05) is 38.1 Å². The van der Waals surface area contributed by atoms with Crippen molar-refractivity contribution < 1.29 is 13.7 Å². The summed E-state index contributed by atoms with van der Waals surface area (Å²) in [6.07, 6.45) is 2.20. The number of amides is 1. The number of hydrogen-bond acceptors (Lipinski definition) is 7. The van der Waals surface area contributed by atoms with Crippen LogP contribution in [0.1, 0.15) is 47.9 Å². The number of rotatable bonds is 5. The van der Waals surface area contributed by atoms with Gasteiger partial charge in [-0.2, -0.15) is 10.4 Å². The van der Waals surface area contributed by atoms with Crippen molar-refractivity contribution in [1.82, 2.24) is 14.8 Å². The summed E-state index contributed by atoms with van der Waals surface area (Å²) in [5, 5.41) is 22.0. The SMILES string of the molecule is CC(C)c1cccc(-c2ccnc(C#N)c2)c1NC(=O)c1nn2c(c1S(=N)(N)=O)OCCC2. The highest BCUT2D eigenvalue weighted by Crippen LogP contribution is 2.36. The number of ether oxygens (including phenoxy) is 1. The molecule has 0 bridgehead atoms. The van der Waals surface area contributed by atoms with Crippen molar-refractivity contribution in [3.8, 4) is 23.1 Å². The summed E-state index contributed by atoms with van der Waals surface area (Å²) in [5.74, 6) is -0.491. The number of carbonyl (C=O) groups excluding carboxylic acids is 1. The topological polar surface area (TPSA) is 160 Å². The summed E-state index contributed by atoms with van der Waals surface area (Å²) in [4.78, 5) is 17.2. The molecule has 4 N–H and O–H groups in total. The number of anilines is 1. The van der Waals surface area contributed by atoms with Crippen LogP contribution in [-0.4, -0.2) is 31.5 Å². The minimum Gasteiger partial charge on any atom is -0.477 e. The number of carbonyl (C=O) groups is 1. The first-order valence-corrected chi connectivity index (χ1v) is 11.9. The van der Waals surface area contributed by atoms with Crippen LogP contribution in [-0.2, 0) is 16.5 Å². The molecule has 4 rings (SSSR count). The maximum Gasteiger partial charge on any atom is 0.277 e. The third kappa shape index (κ3) is 4.30. The van der Waals surface area contributed by atoms with E-state index < -0.39 is 15.8 Å². The lowest BCUT2D eigenvalue weighted by atomic mass is 9.94. The Hall–Kier alpha value is -3.75. The minimum atomic E-state index is -3.78. The van der Waals surface area contributed by atoms with Crippen LogP contribution in [0.3, 0.4) is 0 Å². The molecule has 1 atom stereocenters. The van der Waals surface area contributed by atoms with Crippen molar-refractivity contribution in [3.63, 3.8) is 0 Å². The molecule has 1 aliphatic rings. The Morgan fingerprint density at radius 2 is 2.18 bits per heavy atom. The molecule has 0 saturated carbocycles. The van der Waals surface area contributed by atoms with Gasteiger partial charge in [-0.1, -0.05) is 32.0 Å². The van der Waals surface area contributed by atoms with Gasteiger partial charge < -0.3 is 10.1 Å². The molecule has 1 aliphatic heterocycles. The second kappa shape index (κ2) is 8.65. The second-order valence-corrected chi connectivity index (χ2v) is 9.54. The number of pyridine rings is 1. The van der Waals surface area contributed by atoms with Crippen LogP contribution in [0.15, 0.2) is 41.4 Å². The van der Waals surface area contributed by atoms with Crippen LogP contribution < -0.4 is 15.2 Å². The van der Waals surface area contributed by atoms with Crippen molar-refractivity contribution in [1.29, 1.82) is 10.0 Å². The molecule has 11 heteroatoms. The molecular weight excluding hydrogens is 442 g/mol. The maximum absolute atomic E-state index is 13.4. The fraction of sp³-hybridized carbons (Fsp3) is 0.273. The fourth-order valence-corrected chi connectivity index (χ4v) is 4.63. The maximum atomic E-state index is 13.4. The first-order valence-electron chi connectivity index (χ1n) is 10.3. The lowest BCUT2D eigenvalue weighted by molar-refractivity contribution is 0.101. The Bertz CT molecular complexity index is 1390. The highest BCUT2D eigenvalue weighted by Gasteiger charge is 2.32. The Balaban J connectivity index is 1.84. The number of hydrogen-bond donors (Lipinski definition) is 3. The Kier molecular flexibility index (Phi) is 5.88. The van der Waals surface area contributed by atoms with E-state index in [4.69, 9.17) is 14.7 Å². The summed E-state index contributed by atoms with van der Waals surface area (Å²) >= 11 is 0. The molecule has 0 radical (unpaired) electrons. The van der Waals surface area contributed by atoms with E-state index in [1.165, 1.54) is 10.9 Å². The molecule has 2 aromatic heterocycles. The average molecular weight is 466 g/mol. The van der Waals surface area contributed by atoms with Crippen molar-refractivity contribution in [2.45, 2.75) is 37.6 Å². The van der Waals surface area contributed by atoms with Crippen LogP contribution in [0.4, 0.5) is 5.69 Å². The third-order valence-electron chi connectivity index (χ3n) is 5.28. The molecule has 0 fully saturated rings. The summed E-state index contributed by atoms with van der Waals surface area (Å²) < 4.78 is 27.4. The van der Waals surface area contributed by atoms with E-state index in [9.17, 15) is 14.3 Å². The van der Waals surface area contributed by atoms with Crippen molar-refractivity contribution >= 4 is 21.5 Å². The van der Waals surface area contributed by atoms with E-state index in [0.29, 0.717) is 36.4 Å². The molecule has 170 valence electrons. The van der Waals surface area contributed by atoms with Gasteiger partial charge in [0.05, 0.1) is 12.3 Å². The predicted octanol–water partition coefficient (Wildman–Crippen LogP) is 3.25. The van der Waals surface area contributed by atoms with Gasteiger partial charge in [0, 0.05) is 24.7 Å². The van der Waals surface area contributed by atoms with E-state index in [2.05, 4.69) is 15.4 Å². The number of nitriles is 1. The first kappa shape index (κ1) is 22.4. The summed E-state index contributed by atoms with van der Waals surface area (Å²) in [6, 6.07) is 11.0. The van der Waals surface area contributed by atoms with Gasteiger partial charge in [0.25, 0.3) is 5.91 Å². The molecule has 3 aromatic rings. The van der Waals surface area contributed by atoms with Crippen molar-refractivity contribution in [2.24, 2.45) is 5.14 Å². The summed E-state index contributed by atoms with van der Waals surface area (Å²) in [5.41, 5.74) is 2.82. The van der Waals surface area contributed by atoms with Gasteiger partial charge in [-0.05, 0) is 29.2 Å². The quantitative estimate of drug-likeness (QED) is 0.524. The van der Waals surface area contributed by atoms with Gasteiger partial charge >= 0.3 is 0 Å². The zero-order valence-corrected chi connectivity index (χ0v) is 19.0. The van der Waals surface area contributed by atoms with Gasteiger partial charge in [-0.15, -0.1) is 0 Å². The smallest absolute Gasteiger partial charge is 0.277 e. The summed E-state index contributed by atoms with van der Waals surface area (Å²) in [7, 11) is -3.78. The molecule has 1 aromatic carbocycles. The molecule has 1 amide bonds. The van der Waals surface area contributed by atoms with E-state index in [-0.39, 0.29) is 28.1 Å². The van der Waals surface area contributed by atoms with Gasteiger partial charge in [-0.25, -0.2) is 23.8 Å². The standard InChI is InChI=1S/C22H23N7O3S/c1-13(2)16-5-3-6-17(14-7-8-26-15(11-14)12-23)18(16)27-21(30)19-20(33(24,25)31)22-29(28-19)9-4-10-32-22/h3,5-8,11,13H,4,9-10H2,1-2H3,(H,27,30)(H3,24,25,31). The third-order valence-corrected chi connectivity index (χ3v) is 6.25. The molecular formula is C22H23N7O3S. The Labute approximate surface area is 191 Å². The van der Waals surface area contributed by atoms with Gasteiger partial charge in [0.15, 0.2) is 10.6 Å². The molecule has 0 saturated heterocycles. The molecule has 3 heterocycles. The number of nitrogens with two attached hydrogens (primary N) is 1. The van der Waals surface area contributed by atoms with Crippen LogP contribution in [0.25, 0.3) is 11.1 Å². The van der Waals surface area contributed by atoms with Crippen LogP contribution >= 0.6 is 0 Å². The highest BCUT2D eigenvalue weighted by molar-refractivity contribution is 7.90. The van der Waals surface area contributed by atoms with Gasteiger partial charge in [-0.3, -0.25) is 4.79 Å². The molecule has 33 heavy (non-hydrogen) atoms. The number of fused-ring (bicyclic) bond motifs is 1. The lowest BCUT2D eigenvalue weighted by Crippen LogP contribution is -2.21. The van der Waals surface area contributed by atoms with Crippen LogP contribution in [0.2, 0.25) is 0 Å². The summed E-state index contributed by atoms with van der Waals surface area (Å²) in [6.45, 7) is 4.81. The Morgan fingerprint density at radius 1 is 1.39 bits per heavy atom. The number of nitrogens with zero attached hydrogens (tertiary/aromatic N) is 4. The van der Waals surface area contributed by atoms with Crippen LogP contribution in [0, 0.1) is 16.1 Å². The van der Waals surface area contributed by atoms with E-state index in [1.54, 1.807) is 12.1 Å². The number of aryl methyl sites for hydroxylation is 1. The first-order chi connectivity index (χ1) is 15.7. The van der Waals surface area contributed by atoms with Crippen LogP contribution in [0.5, 0.6) is 5.88 Å². The lowest BCUT2D eigenvalue weighted by Gasteiger charge is -2.18. The monoisotopic (exact) mass is 465 g/mol. The van der Waals surface area contributed by atoms with Gasteiger partial charge in [0.2, 0.25) is 5.88 Å². The number of nitrogens with one attached hydrogen (secondary N) is 2. The van der Waals surface area contributed by atoms with Crippen molar-refractivity contribution in [2.75, 3.05) is 11.9 Å². The molecule has 0 aliphatic carbocycles.